The van der Waals surface area contributed by atoms with Crippen LogP contribution in [0, 0.1) is 0 Å². The summed E-state index contributed by atoms with van der Waals surface area (Å²) in [6, 6.07) is 21.5. The lowest BCUT2D eigenvalue weighted by Gasteiger charge is -2.36. The molecule has 3 N–H and O–H groups in total. The van der Waals surface area contributed by atoms with Crippen LogP contribution in [-0.2, 0) is 32.2 Å². The molecule has 1 aliphatic rings. The number of hydrogen-bond donors (Lipinski definition) is 3. The van der Waals surface area contributed by atoms with Gasteiger partial charge in [0.05, 0.1) is 23.8 Å². The summed E-state index contributed by atoms with van der Waals surface area (Å²) in [6.45, 7) is 0.395. The molecule has 9 heteroatoms. The zero-order chi connectivity index (χ0) is 27.5. The third-order valence-electron chi connectivity index (χ3n) is 6.46. The lowest BCUT2D eigenvalue weighted by Crippen LogP contribution is -2.31. The van der Waals surface area contributed by atoms with Crippen molar-refractivity contribution in [2.75, 3.05) is 5.75 Å². The van der Waals surface area contributed by atoms with Crippen molar-refractivity contribution in [1.29, 1.82) is 0 Å². The average molecular weight is 551 g/mol. The minimum Gasteiger partial charge on any atom is -0.481 e. The average Bonchev–Trinajstić information content (AvgIpc) is 2.98. The van der Waals surface area contributed by atoms with E-state index in [9.17, 15) is 14.7 Å². The topological polar surface area (TPSA) is 118 Å². The van der Waals surface area contributed by atoms with E-state index < -0.39 is 12.3 Å². The largest absolute Gasteiger partial charge is 0.481 e. The summed E-state index contributed by atoms with van der Waals surface area (Å²) in [7, 11) is 0. The molecule has 1 aliphatic heterocycles. The zero-order valence-electron chi connectivity index (χ0n) is 21.7. The molecule has 4 rings (SSSR count). The third kappa shape index (κ3) is 9.18. The van der Waals surface area contributed by atoms with Crippen LogP contribution in [-0.4, -0.2) is 38.9 Å². The fraction of sp³-hybridized carbons (Fsp3) is 0.367. The van der Waals surface area contributed by atoms with Crippen LogP contribution in [0.2, 0.25) is 0 Å². The molecule has 3 aromatic rings. The fourth-order valence-corrected chi connectivity index (χ4v) is 5.16. The van der Waals surface area contributed by atoms with Crippen molar-refractivity contribution < 1.29 is 29.3 Å². The van der Waals surface area contributed by atoms with Crippen molar-refractivity contribution in [3.8, 4) is 0 Å². The second-order valence-electron chi connectivity index (χ2n) is 9.45. The summed E-state index contributed by atoms with van der Waals surface area (Å²) < 4.78 is 12.8. The zero-order valence-corrected chi connectivity index (χ0v) is 22.5. The van der Waals surface area contributed by atoms with E-state index in [4.69, 9.17) is 14.6 Å². The van der Waals surface area contributed by atoms with Gasteiger partial charge in [0.25, 0.3) is 0 Å². The van der Waals surface area contributed by atoms with Crippen molar-refractivity contribution in [3.63, 3.8) is 0 Å². The van der Waals surface area contributed by atoms with Crippen molar-refractivity contribution in [2.24, 2.45) is 0 Å². The molecule has 0 unspecified atom stereocenters. The number of unbranched alkanes of at least 4 members (excludes halogenated alkanes) is 1. The molecule has 0 spiro atoms. The number of carboxylic acid groups (broad SMARTS) is 1. The molecule has 2 heterocycles. The number of carbonyl (C=O) groups is 2. The smallest absolute Gasteiger partial charge is 0.303 e. The monoisotopic (exact) mass is 550 g/mol. The molecule has 3 atom stereocenters. The number of pyridine rings is 1. The van der Waals surface area contributed by atoms with Gasteiger partial charge in [0, 0.05) is 43.3 Å². The Hall–Kier alpha value is -3.24. The third-order valence-corrected chi connectivity index (χ3v) is 7.53. The van der Waals surface area contributed by atoms with E-state index in [1.165, 1.54) is 0 Å². The quantitative estimate of drug-likeness (QED) is 0.197. The Balaban J connectivity index is 1.37. The van der Waals surface area contributed by atoms with E-state index in [1.807, 2.05) is 66.7 Å². The van der Waals surface area contributed by atoms with Crippen LogP contribution in [0.25, 0.3) is 0 Å². The highest BCUT2D eigenvalue weighted by Gasteiger charge is 2.32. The number of carboxylic acids is 1. The molecule has 2 aromatic carbocycles. The van der Waals surface area contributed by atoms with Crippen molar-refractivity contribution in [3.05, 3.63) is 95.2 Å². The number of hydrogen-bond acceptors (Lipinski definition) is 7. The van der Waals surface area contributed by atoms with Crippen LogP contribution >= 0.6 is 11.8 Å². The minimum atomic E-state index is -0.842. The number of aliphatic hydroxyl groups excluding tert-OH is 1. The molecule has 0 bridgehead atoms. The van der Waals surface area contributed by atoms with Crippen LogP contribution in [0.4, 0.5) is 0 Å². The number of nitrogens with zero attached hydrogens (tertiary/aromatic N) is 1. The molecule has 1 amide bonds. The molecule has 0 saturated carbocycles. The minimum absolute atomic E-state index is 0.00158. The van der Waals surface area contributed by atoms with E-state index in [0.717, 1.165) is 33.0 Å². The SMILES string of the molecule is O=C(O)CCCCC(=O)NCc1ccc([C@H]2O[C@@H](CSc3ccccn3)C[C@@H](c3ccc(CO)cc3)O2)cc1. The molecule has 1 aromatic heterocycles. The van der Waals surface area contributed by atoms with E-state index in [2.05, 4.69) is 10.3 Å². The first kappa shape index (κ1) is 28.8. The van der Waals surface area contributed by atoms with Gasteiger partial charge in [0.1, 0.15) is 0 Å². The lowest BCUT2D eigenvalue weighted by atomic mass is 10.0. The Bertz CT molecular complexity index is 1190. The molecular formula is C30H34N2O6S. The number of nitrogens with one attached hydrogen (secondary N) is 1. The highest BCUT2D eigenvalue weighted by atomic mass is 32.2. The number of benzene rings is 2. The van der Waals surface area contributed by atoms with Gasteiger partial charge in [-0.1, -0.05) is 54.6 Å². The van der Waals surface area contributed by atoms with Crippen LogP contribution in [0.1, 0.15) is 66.8 Å². The number of carbonyl (C=O) groups excluding carboxylic acids is 1. The molecule has 8 nitrogen and oxygen atoms in total. The predicted octanol–water partition coefficient (Wildman–Crippen LogP) is 5.17. The van der Waals surface area contributed by atoms with Gasteiger partial charge in [-0.15, -0.1) is 11.8 Å². The molecule has 0 aliphatic carbocycles. The number of ether oxygens (including phenoxy) is 2. The summed E-state index contributed by atoms with van der Waals surface area (Å²) in [4.78, 5) is 27.1. The van der Waals surface area contributed by atoms with Crippen LogP contribution in [0.3, 0.4) is 0 Å². The van der Waals surface area contributed by atoms with E-state index in [-0.39, 0.29) is 31.1 Å². The Kier molecular flexibility index (Phi) is 10.9. The normalized spacial score (nSPS) is 18.9. The molecule has 1 fully saturated rings. The Morgan fingerprint density at radius 1 is 0.923 bits per heavy atom. The van der Waals surface area contributed by atoms with Gasteiger partial charge in [-0.25, -0.2) is 4.98 Å². The predicted molar refractivity (Wildman–Crippen MR) is 148 cm³/mol. The summed E-state index contributed by atoms with van der Waals surface area (Å²) in [5, 5.41) is 21.9. The highest BCUT2D eigenvalue weighted by Crippen LogP contribution is 2.39. The van der Waals surface area contributed by atoms with Gasteiger partial charge in [0.15, 0.2) is 6.29 Å². The van der Waals surface area contributed by atoms with Gasteiger partial charge >= 0.3 is 5.97 Å². The Morgan fingerprint density at radius 3 is 2.33 bits per heavy atom. The van der Waals surface area contributed by atoms with Crippen molar-refractivity contribution in [1.82, 2.24) is 10.3 Å². The van der Waals surface area contributed by atoms with Gasteiger partial charge in [-0.3, -0.25) is 9.59 Å². The van der Waals surface area contributed by atoms with Crippen molar-refractivity contribution >= 4 is 23.6 Å². The summed E-state index contributed by atoms with van der Waals surface area (Å²) in [5.41, 5.74) is 3.73. The van der Waals surface area contributed by atoms with E-state index in [1.54, 1.807) is 18.0 Å². The standard InChI is InChI=1S/C30H34N2O6S/c33-19-22-10-12-23(13-11-22)26-17-25(20-39-28-6-3-4-16-31-28)37-30(38-26)24-14-8-21(9-15-24)18-32-27(34)5-1-2-7-29(35)36/h3-4,6,8-16,25-26,30,33H,1-2,5,7,17-20H2,(H,32,34)(H,35,36)/t25-,26+,30+/m1/s1. The first-order valence-electron chi connectivity index (χ1n) is 13.1. The second-order valence-corrected chi connectivity index (χ2v) is 10.5. The van der Waals surface area contributed by atoms with Crippen LogP contribution in [0.5, 0.6) is 0 Å². The van der Waals surface area contributed by atoms with E-state index in [0.29, 0.717) is 32.2 Å². The first-order chi connectivity index (χ1) is 19.0. The van der Waals surface area contributed by atoms with Gasteiger partial charge in [-0.05, 0) is 41.7 Å². The maximum atomic E-state index is 12.1. The maximum absolute atomic E-state index is 12.1. The number of aliphatic carboxylic acids is 1. The summed E-state index contributed by atoms with van der Waals surface area (Å²) >= 11 is 1.65. The second kappa shape index (κ2) is 14.8. The molecule has 1 saturated heterocycles. The van der Waals surface area contributed by atoms with Crippen LogP contribution in [0.15, 0.2) is 78.0 Å². The number of rotatable bonds is 13. The first-order valence-corrected chi connectivity index (χ1v) is 14.1. The Labute approximate surface area is 232 Å². The number of amides is 1. The summed E-state index contributed by atoms with van der Waals surface area (Å²) in [5.74, 6) is -0.198. The molecule has 39 heavy (non-hydrogen) atoms. The molecule has 206 valence electrons. The number of thioether (sulfide) groups is 1. The fourth-order valence-electron chi connectivity index (χ4n) is 4.28. The maximum Gasteiger partial charge on any atom is 0.303 e. The van der Waals surface area contributed by atoms with Crippen LogP contribution < -0.4 is 5.32 Å². The van der Waals surface area contributed by atoms with Gasteiger partial charge < -0.3 is 25.0 Å². The van der Waals surface area contributed by atoms with E-state index >= 15 is 0 Å². The van der Waals surface area contributed by atoms with Gasteiger partial charge in [0.2, 0.25) is 5.91 Å². The van der Waals surface area contributed by atoms with Gasteiger partial charge in [-0.2, -0.15) is 0 Å². The summed E-state index contributed by atoms with van der Waals surface area (Å²) in [6.07, 6.45) is 3.16. The number of aromatic nitrogens is 1. The Morgan fingerprint density at radius 2 is 1.64 bits per heavy atom. The lowest BCUT2D eigenvalue weighted by molar-refractivity contribution is -0.245. The molecular weight excluding hydrogens is 516 g/mol. The highest BCUT2D eigenvalue weighted by molar-refractivity contribution is 7.99. The molecule has 0 radical (unpaired) electrons. The van der Waals surface area contributed by atoms with Crippen molar-refractivity contribution in [2.45, 2.75) is 68.8 Å². The number of aliphatic hydroxyl groups is 1.